The fraction of sp³-hybridized carbons (Fsp3) is 0.421. The highest BCUT2D eigenvalue weighted by molar-refractivity contribution is 5.93. The molecule has 1 heterocycles. The van der Waals surface area contributed by atoms with Gasteiger partial charge >= 0.3 is 0 Å². The van der Waals surface area contributed by atoms with E-state index in [1.165, 1.54) is 25.6 Å². The van der Waals surface area contributed by atoms with Crippen LogP contribution in [0.15, 0.2) is 30.6 Å². The van der Waals surface area contributed by atoms with E-state index in [-0.39, 0.29) is 11.9 Å². The van der Waals surface area contributed by atoms with Crippen molar-refractivity contribution in [2.75, 3.05) is 19.5 Å². The SMILES string of the molecule is COc1ccc(Nc2cc(C(=O)NC3CCCCC3)ncn2)c(OC)c1. The Morgan fingerprint density at radius 3 is 2.62 bits per heavy atom. The van der Waals surface area contributed by atoms with Gasteiger partial charge in [-0.05, 0) is 25.0 Å². The van der Waals surface area contributed by atoms with Gasteiger partial charge in [-0.2, -0.15) is 0 Å². The van der Waals surface area contributed by atoms with Crippen molar-refractivity contribution < 1.29 is 14.3 Å². The van der Waals surface area contributed by atoms with E-state index >= 15 is 0 Å². The summed E-state index contributed by atoms with van der Waals surface area (Å²) in [6.07, 6.45) is 7.03. The lowest BCUT2D eigenvalue weighted by molar-refractivity contribution is 0.0922. The summed E-state index contributed by atoms with van der Waals surface area (Å²) in [4.78, 5) is 20.7. The summed E-state index contributed by atoms with van der Waals surface area (Å²) in [6.45, 7) is 0. The van der Waals surface area contributed by atoms with Crippen LogP contribution >= 0.6 is 0 Å². The number of hydrogen-bond acceptors (Lipinski definition) is 6. The van der Waals surface area contributed by atoms with Crippen LogP contribution in [-0.4, -0.2) is 36.1 Å². The Morgan fingerprint density at radius 2 is 1.88 bits per heavy atom. The molecule has 26 heavy (non-hydrogen) atoms. The van der Waals surface area contributed by atoms with Gasteiger partial charge in [0.15, 0.2) is 0 Å². The number of hydrogen-bond donors (Lipinski definition) is 2. The molecule has 0 aliphatic heterocycles. The zero-order valence-corrected chi connectivity index (χ0v) is 15.1. The zero-order valence-electron chi connectivity index (χ0n) is 15.1. The Morgan fingerprint density at radius 1 is 1.08 bits per heavy atom. The van der Waals surface area contributed by atoms with Crippen LogP contribution in [0.2, 0.25) is 0 Å². The van der Waals surface area contributed by atoms with Gasteiger partial charge in [-0.25, -0.2) is 9.97 Å². The first-order chi connectivity index (χ1) is 12.7. The second-order valence-electron chi connectivity index (χ2n) is 6.29. The maximum absolute atomic E-state index is 12.5. The minimum Gasteiger partial charge on any atom is -0.497 e. The van der Waals surface area contributed by atoms with Crippen LogP contribution in [0, 0.1) is 0 Å². The number of ether oxygens (including phenoxy) is 2. The zero-order chi connectivity index (χ0) is 18.4. The number of carbonyl (C=O) groups is 1. The fourth-order valence-electron chi connectivity index (χ4n) is 3.10. The minimum absolute atomic E-state index is 0.163. The molecule has 1 aromatic heterocycles. The summed E-state index contributed by atoms with van der Waals surface area (Å²) in [5, 5.41) is 6.23. The smallest absolute Gasteiger partial charge is 0.270 e. The molecule has 1 aliphatic carbocycles. The molecule has 0 saturated heterocycles. The molecule has 1 saturated carbocycles. The van der Waals surface area contributed by atoms with Crippen molar-refractivity contribution in [3.8, 4) is 11.5 Å². The molecular weight excluding hydrogens is 332 g/mol. The first-order valence-corrected chi connectivity index (χ1v) is 8.81. The second kappa shape index (κ2) is 8.51. The lowest BCUT2D eigenvalue weighted by atomic mass is 9.95. The first kappa shape index (κ1) is 18.0. The third-order valence-electron chi connectivity index (χ3n) is 4.51. The number of nitrogens with zero attached hydrogens (tertiary/aromatic N) is 2. The maximum Gasteiger partial charge on any atom is 0.270 e. The molecule has 0 atom stereocenters. The summed E-state index contributed by atoms with van der Waals surface area (Å²) in [5.74, 6) is 1.68. The minimum atomic E-state index is -0.163. The Hall–Kier alpha value is -2.83. The van der Waals surface area contributed by atoms with Gasteiger partial charge in [0.2, 0.25) is 0 Å². The lowest BCUT2D eigenvalue weighted by Gasteiger charge is -2.22. The standard InChI is InChI=1S/C19H24N4O3/c1-25-14-8-9-15(17(10-14)26-2)23-18-11-16(20-12-21-18)19(24)22-13-6-4-3-5-7-13/h8-13H,3-7H2,1-2H3,(H,22,24)(H,20,21,23). The molecule has 0 bridgehead atoms. The van der Waals surface area contributed by atoms with E-state index in [1.54, 1.807) is 26.4 Å². The van der Waals surface area contributed by atoms with Crippen LogP contribution in [0.4, 0.5) is 11.5 Å². The van der Waals surface area contributed by atoms with Crippen molar-refractivity contribution in [2.45, 2.75) is 38.1 Å². The first-order valence-electron chi connectivity index (χ1n) is 8.81. The summed E-state index contributed by atoms with van der Waals surface area (Å²) in [7, 11) is 3.19. The van der Waals surface area contributed by atoms with Gasteiger partial charge in [-0.3, -0.25) is 4.79 Å². The summed E-state index contributed by atoms with van der Waals surface area (Å²) < 4.78 is 10.6. The number of anilines is 2. The van der Waals surface area contributed by atoms with E-state index in [9.17, 15) is 4.79 Å². The van der Waals surface area contributed by atoms with Crippen molar-refractivity contribution in [3.63, 3.8) is 0 Å². The largest absolute Gasteiger partial charge is 0.497 e. The number of methoxy groups -OCH3 is 2. The van der Waals surface area contributed by atoms with E-state index < -0.39 is 0 Å². The summed E-state index contributed by atoms with van der Waals surface area (Å²) >= 11 is 0. The average Bonchev–Trinajstić information content (AvgIpc) is 2.69. The van der Waals surface area contributed by atoms with Crippen LogP contribution in [0.3, 0.4) is 0 Å². The van der Waals surface area contributed by atoms with E-state index in [4.69, 9.17) is 9.47 Å². The lowest BCUT2D eigenvalue weighted by Crippen LogP contribution is -2.36. The van der Waals surface area contributed by atoms with Gasteiger partial charge in [0.25, 0.3) is 5.91 Å². The van der Waals surface area contributed by atoms with Crippen molar-refractivity contribution in [2.24, 2.45) is 0 Å². The van der Waals surface area contributed by atoms with E-state index in [0.717, 1.165) is 18.5 Å². The number of benzene rings is 1. The Balaban J connectivity index is 1.72. The Kier molecular flexibility index (Phi) is 5.88. The fourth-order valence-corrected chi connectivity index (χ4v) is 3.10. The molecule has 7 heteroatoms. The van der Waals surface area contributed by atoms with E-state index in [1.807, 2.05) is 12.1 Å². The molecule has 0 radical (unpaired) electrons. The number of amides is 1. The molecular formula is C19H24N4O3. The molecule has 7 nitrogen and oxygen atoms in total. The highest BCUT2D eigenvalue weighted by atomic mass is 16.5. The molecule has 3 rings (SSSR count). The third-order valence-corrected chi connectivity index (χ3v) is 4.51. The van der Waals surface area contributed by atoms with E-state index in [0.29, 0.717) is 23.0 Å². The van der Waals surface area contributed by atoms with Crippen LogP contribution in [0.25, 0.3) is 0 Å². The van der Waals surface area contributed by atoms with Crippen LogP contribution < -0.4 is 20.1 Å². The van der Waals surface area contributed by atoms with Gasteiger partial charge in [0, 0.05) is 18.2 Å². The van der Waals surface area contributed by atoms with Gasteiger partial charge in [-0.15, -0.1) is 0 Å². The van der Waals surface area contributed by atoms with Crippen molar-refractivity contribution in [1.82, 2.24) is 15.3 Å². The van der Waals surface area contributed by atoms with Gasteiger partial charge < -0.3 is 20.1 Å². The number of carbonyl (C=O) groups excluding carboxylic acids is 1. The topological polar surface area (TPSA) is 85.4 Å². The van der Waals surface area contributed by atoms with Crippen LogP contribution in [-0.2, 0) is 0 Å². The van der Waals surface area contributed by atoms with Gasteiger partial charge in [0.1, 0.15) is 29.3 Å². The summed E-state index contributed by atoms with van der Waals surface area (Å²) in [6, 6.07) is 7.32. The summed E-state index contributed by atoms with van der Waals surface area (Å²) in [5.41, 5.74) is 1.08. The van der Waals surface area contributed by atoms with Crippen LogP contribution in [0.1, 0.15) is 42.6 Å². The van der Waals surface area contributed by atoms with Crippen molar-refractivity contribution in [3.05, 3.63) is 36.3 Å². The number of rotatable bonds is 6. The monoisotopic (exact) mass is 356 g/mol. The molecule has 0 unspecified atom stereocenters. The highest BCUT2D eigenvalue weighted by Crippen LogP contribution is 2.31. The molecule has 0 spiro atoms. The van der Waals surface area contributed by atoms with Crippen LogP contribution in [0.5, 0.6) is 11.5 Å². The molecule has 1 fully saturated rings. The molecule has 1 amide bonds. The predicted octanol–water partition coefficient (Wildman–Crippen LogP) is 3.30. The predicted molar refractivity (Wildman–Crippen MR) is 99.2 cm³/mol. The molecule has 1 aromatic carbocycles. The Labute approximate surface area is 153 Å². The second-order valence-corrected chi connectivity index (χ2v) is 6.29. The average molecular weight is 356 g/mol. The molecule has 138 valence electrons. The normalized spacial score (nSPS) is 14.5. The van der Waals surface area contributed by atoms with Gasteiger partial charge in [-0.1, -0.05) is 19.3 Å². The number of aromatic nitrogens is 2. The maximum atomic E-state index is 12.5. The highest BCUT2D eigenvalue weighted by Gasteiger charge is 2.18. The quantitative estimate of drug-likeness (QED) is 0.826. The third kappa shape index (κ3) is 4.41. The Bertz CT molecular complexity index is 760. The molecule has 2 N–H and O–H groups in total. The molecule has 2 aromatic rings. The van der Waals surface area contributed by atoms with Crippen molar-refractivity contribution in [1.29, 1.82) is 0 Å². The van der Waals surface area contributed by atoms with Gasteiger partial charge in [0.05, 0.1) is 19.9 Å². The van der Waals surface area contributed by atoms with Crippen molar-refractivity contribution >= 4 is 17.4 Å². The number of nitrogens with one attached hydrogen (secondary N) is 2. The van der Waals surface area contributed by atoms with E-state index in [2.05, 4.69) is 20.6 Å². The molecule has 1 aliphatic rings.